The highest BCUT2D eigenvalue weighted by atomic mass is 35.5. The molecule has 2 N–H and O–H groups in total. The monoisotopic (exact) mass is 281 g/mol. The minimum atomic E-state index is -1.11. The summed E-state index contributed by atoms with van der Waals surface area (Å²) in [6.45, 7) is 0.195. The summed E-state index contributed by atoms with van der Waals surface area (Å²) in [6.07, 6.45) is 1.68. The van der Waals surface area contributed by atoms with Crippen molar-refractivity contribution >= 4 is 28.3 Å². The van der Waals surface area contributed by atoms with E-state index in [-0.39, 0.29) is 29.7 Å². The number of aliphatic hydroxyl groups is 1. The number of rotatable bonds is 4. The summed E-state index contributed by atoms with van der Waals surface area (Å²) in [4.78, 5) is 23.4. The summed E-state index contributed by atoms with van der Waals surface area (Å²) in [5.74, 6) is -1.11. The van der Waals surface area contributed by atoms with Gasteiger partial charge in [-0.2, -0.15) is 0 Å². The number of carboxylic acid groups (broad SMARTS) is 1. The molecule has 2 rings (SSSR count). The zero-order valence-corrected chi connectivity index (χ0v) is 10.7. The molecule has 6 heteroatoms. The van der Waals surface area contributed by atoms with Gasteiger partial charge in [-0.3, -0.25) is 4.79 Å². The van der Waals surface area contributed by atoms with Gasteiger partial charge in [-0.1, -0.05) is 17.7 Å². The number of pyridine rings is 1. The maximum Gasteiger partial charge on any atom is 0.337 e. The van der Waals surface area contributed by atoms with Gasteiger partial charge in [0.25, 0.3) is 5.56 Å². The van der Waals surface area contributed by atoms with E-state index in [0.717, 1.165) is 0 Å². The molecule has 1 aromatic heterocycles. The molecule has 19 heavy (non-hydrogen) atoms. The maximum atomic E-state index is 12.2. The molecule has 0 fully saturated rings. The number of aryl methyl sites for hydroxylation is 1. The van der Waals surface area contributed by atoms with Crippen LogP contribution in [0.25, 0.3) is 10.8 Å². The standard InChI is InChI=1S/C13H12ClNO4/c14-8-2-3-9-10(6-8)12(17)15(4-1-5-16)7-11(9)13(18)19/h2-3,6-7,16H,1,4-5H2,(H,18,19). The van der Waals surface area contributed by atoms with Crippen molar-refractivity contribution in [1.82, 2.24) is 4.57 Å². The predicted molar refractivity (Wildman–Crippen MR) is 71.9 cm³/mol. The Balaban J connectivity index is 2.75. The molecule has 0 atom stereocenters. The van der Waals surface area contributed by atoms with Crippen LogP contribution < -0.4 is 5.56 Å². The lowest BCUT2D eigenvalue weighted by molar-refractivity contribution is 0.0698. The minimum Gasteiger partial charge on any atom is -0.478 e. The normalized spacial score (nSPS) is 10.8. The van der Waals surface area contributed by atoms with E-state index in [0.29, 0.717) is 16.8 Å². The molecule has 2 aromatic rings. The van der Waals surface area contributed by atoms with E-state index in [1.54, 1.807) is 6.07 Å². The number of aromatic nitrogens is 1. The topological polar surface area (TPSA) is 79.5 Å². The number of aromatic carboxylic acids is 1. The van der Waals surface area contributed by atoms with Crippen molar-refractivity contribution in [1.29, 1.82) is 0 Å². The fourth-order valence-electron chi connectivity index (χ4n) is 1.94. The maximum absolute atomic E-state index is 12.2. The molecule has 5 nitrogen and oxygen atoms in total. The van der Waals surface area contributed by atoms with Gasteiger partial charge in [0.15, 0.2) is 0 Å². The van der Waals surface area contributed by atoms with Crippen LogP contribution >= 0.6 is 11.6 Å². The first kappa shape index (κ1) is 13.6. The molecular weight excluding hydrogens is 270 g/mol. The highest BCUT2D eigenvalue weighted by molar-refractivity contribution is 6.31. The van der Waals surface area contributed by atoms with Crippen LogP contribution in [-0.2, 0) is 6.54 Å². The Labute approximate surface area is 113 Å². The van der Waals surface area contributed by atoms with Gasteiger partial charge in [0.1, 0.15) is 0 Å². The van der Waals surface area contributed by atoms with E-state index in [1.807, 2.05) is 0 Å². The molecule has 0 bridgehead atoms. The lowest BCUT2D eigenvalue weighted by atomic mass is 10.1. The highest BCUT2D eigenvalue weighted by Crippen LogP contribution is 2.20. The molecule has 0 saturated carbocycles. The predicted octanol–water partition coefficient (Wildman–Crippen LogP) is 1.74. The second-order valence-electron chi connectivity index (χ2n) is 4.11. The fraction of sp³-hybridized carbons (Fsp3) is 0.231. The summed E-state index contributed by atoms with van der Waals surface area (Å²) >= 11 is 5.84. The molecular formula is C13H12ClNO4. The van der Waals surface area contributed by atoms with E-state index in [9.17, 15) is 14.7 Å². The molecule has 0 spiro atoms. The summed E-state index contributed by atoms with van der Waals surface area (Å²) in [5, 5.41) is 19.0. The number of carbonyl (C=O) groups is 1. The van der Waals surface area contributed by atoms with Crippen LogP contribution in [-0.4, -0.2) is 27.4 Å². The molecule has 0 aliphatic heterocycles. The molecule has 0 amide bonds. The molecule has 0 aliphatic carbocycles. The number of benzene rings is 1. The van der Waals surface area contributed by atoms with Crippen molar-refractivity contribution < 1.29 is 15.0 Å². The first-order valence-corrected chi connectivity index (χ1v) is 6.09. The smallest absolute Gasteiger partial charge is 0.337 e. The summed E-state index contributed by atoms with van der Waals surface area (Å²) in [7, 11) is 0. The van der Waals surface area contributed by atoms with E-state index >= 15 is 0 Å². The summed E-state index contributed by atoms with van der Waals surface area (Å²) in [6, 6.07) is 4.54. The van der Waals surface area contributed by atoms with E-state index in [2.05, 4.69) is 0 Å². The van der Waals surface area contributed by atoms with Crippen molar-refractivity contribution in [3.05, 3.63) is 45.3 Å². The van der Waals surface area contributed by atoms with Crippen LogP contribution in [0.15, 0.2) is 29.2 Å². The van der Waals surface area contributed by atoms with Crippen LogP contribution in [0.4, 0.5) is 0 Å². The molecule has 0 radical (unpaired) electrons. The second-order valence-corrected chi connectivity index (χ2v) is 4.55. The second kappa shape index (κ2) is 5.42. The van der Waals surface area contributed by atoms with E-state index < -0.39 is 5.97 Å². The number of carboxylic acids is 1. The number of hydrogen-bond acceptors (Lipinski definition) is 3. The lowest BCUT2D eigenvalue weighted by Gasteiger charge is -2.09. The van der Waals surface area contributed by atoms with Crippen LogP contribution in [0.3, 0.4) is 0 Å². The van der Waals surface area contributed by atoms with Crippen molar-refractivity contribution in [2.24, 2.45) is 0 Å². The van der Waals surface area contributed by atoms with Gasteiger partial charge in [-0.25, -0.2) is 4.79 Å². The Morgan fingerprint density at radius 1 is 1.32 bits per heavy atom. The third-order valence-electron chi connectivity index (χ3n) is 2.84. The Kier molecular flexibility index (Phi) is 3.87. The molecule has 0 unspecified atom stereocenters. The van der Waals surface area contributed by atoms with E-state index in [4.69, 9.17) is 16.7 Å². The lowest BCUT2D eigenvalue weighted by Crippen LogP contribution is -2.22. The van der Waals surface area contributed by atoms with Gasteiger partial charge < -0.3 is 14.8 Å². The molecule has 100 valence electrons. The number of nitrogens with zero attached hydrogens (tertiary/aromatic N) is 1. The fourth-order valence-corrected chi connectivity index (χ4v) is 2.12. The number of fused-ring (bicyclic) bond motifs is 1. The van der Waals surface area contributed by atoms with Crippen molar-refractivity contribution in [2.75, 3.05) is 6.61 Å². The van der Waals surface area contributed by atoms with Gasteiger partial charge in [-0.15, -0.1) is 0 Å². The van der Waals surface area contributed by atoms with Gasteiger partial charge >= 0.3 is 5.97 Å². The molecule has 0 saturated heterocycles. The largest absolute Gasteiger partial charge is 0.478 e. The van der Waals surface area contributed by atoms with Gasteiger partial charge in [0, 0.05) is 35.1 Å². The van der Waals surface area contributed by atoms with Crippen LogP contribution in [0.1, 0.15) is 16.8 Å². The third-order valence-corrected chi connectivity index (χ3v) is 3.07. The van der Waals surface area contributed by atoms with Gasteiger partial charge in [0.2, 0.25) is 0 Å². The average Bonchev–Trinajstić information content (AvgIpc) is 2.38. The molecule has 1 aromatic carbocycles. The molecule has 1 heterocycles. The highest BCUT2D eigenvalue weighted by Gasteiger charge is 2.14. The number of hydrogen-bond donors (Lipinski definition) is 2. The third kappa shape index (κ3) is 2.62. The first-order chi connectivity index (χ1) is 9.04. The van der Waals surface area contributed by atoms with Crippen LogP contribution in [0.5, 0.6) is 0 Å². The quantitative estimate of drug-likeness (QED) is 0.894. The SMILES string of the molecule is O=C(O)c1cn(CCCO)c(=O)c2cc(Cl)ccc12. The average molecular weight is 282 g/mol. The Bertz CT molecular complexity index is 693. The summed E-state index contributed by atoms with van der Waals surface area (Å²) in [5.41, 5.74) is -0.264. The number of halogens is 1. The number of aliphatic hydroxyl groups excluding tert-OH is 1. The van der Waals surface area contributed by atoms with Crippen molar-refractivity contribution in [3.8, 4) is 0 Å². The minimum absolute atomic E-state index is 0.0456. The van der Waals surface area contributed by atoms with Crippen LogP contribution in [0, 0.1) is 0 Å². The Hall–Kier alpha value is -1.85. The first-order valence-electron chi connectivity index (χ1n) is 5.71. The Morgan fingerprint density at radius 3 is 2.68 bits per heavy atom. The Morgan fingerprint density at radius 2 is 2.05 bits per heavy atom. The molecule has 0 aliphatic rings. The van der Waals surface area contributed by atoms with Crippen molar-refractivity contribution in [3.63, 3.8) is 0 Å². The summed E-state index contributed by atoms with van der Waals surface area (Å²) < 4.78 is 1.29. The van der Waals surface area contributed by atoms with Crippen LogP contribution in [0.2, 0.25) is 5.02 Å². The van der Waals surface area contributed by atoms with Gasteiger partial charge in [0.05, 0.1) is 5.56 Å². The zero-order valence-electron chi connectivity index (χ0n) is 9.97. The van der Waals surface area contributed by atoms with Crippen molar-refractivity contribution in [2.45, 2.75) is 13.0 Å². The van der Waals surface area contributed by atoms with E-state index in [1.165, 1.54) is 22.9 Å². The van der Waals surface area contributed by atoms with Gasteiger partial charge in [-0.05, 0) is 18.6 Å². The zero-order chi connectivity index (χ0) is 14.0.